The van der Waals surface area contributed by atoms with Crippen LogP contribution >= 0.6 is 0 Å². The van der Waals surface area contributed by atoms with Crippen LogP contribution in [0.4, 0.5) is 0 Å². The molecule has 1 aromatic rings. The van der Waals surface area contributed by atoms with E-state index in [4.69, 9.17) is 0 Å². The number of rotatable bonds is 5. The van der Waals surface area contributed by atoms with Crippen molar-refractivity contribution >= 4 is 0 Å². The van der Waals surface area contributed by atoms with Crippen LogP contribution in [0.1, 0.15) is 57.1 Å². The fourth-order valence-corrected chi connectivity index (χ4v) is 2.38. The molecule has 0 amide bonds. The first-order valence-corrected chi connectivity index (χ1v) is 6.49. The molecular weight excluding hydrogens is 200 g/mol. The van der Waals surface area contributed by atoms with Crippen LogP contribution in [-0.4, -0.2) is 21.3 Å². The van der Waals surface area contributed by atoms with Crippen LogP contribution in [-0.2, 0) is 13.1 Å². The smallest absolute Gasteiger partial charge is 0.147 e. The van der Waals surface area contributed by atoms with Gasteiger partial charge in [0.1, 0.15) is 11.6 Å². The van der Waals surface area contributed by atoms with E-state index in [0.29, 0.717) is 5.92 Å². The molecule has 0 aliphatic carbocycles. The van der Waals surface area contributed by atoms with Crippen LogP contribution < -0.4 is 5.32 Å². The first kappa shape index (κ1) is 11.6. The number of fused-ring (bicyclic) bond motifs is 1. The maximum Gasteiger partial charge on any atom is 0.147 e. The molecule has 4 nitrogen and oxygen atoms in total. The highest BCUT2D eigenvalue weighted by atomic mass is 15.3. The van der Waals surface area contributed by atoms with E-state index in [0.717, 1.165) is 25.5 Å². The Bertz CT molecular complexity index is 332. The van der Waals surface area contributed by atoms with Gasteiger partial charge in [0.15, 0.2) is 0 Å². The summed E-state index contributed by atoms with van der Waals surface area (Å²) >= 11 is 0. The fourth-order valence-electron chi connectivity index (χ4n) is 2.38. The molecule has 0 saturated carbocycles. The molecule has 0 radical (unpaired) electrons. The Labute approximate surface area is 97.5 Å². The summed E-state index contributed by atoms with van der Waals surface area (Å²) in [5, 5.41) is 12.0. The summed E-state index contributed by atoms with van der Waals surface area (Å²) < 4.78 is 2.32. The van der Waals surface area contributed by atoms with E-state index in [2.05, 4.69) is 33.9 Å². The Kier molecular flexibility index (Phi) is 3.93. The molecule has 0 fully saturated rings. The highest BCUT2D eigenvalue weighted by molar-refractivity contribution is 5.04. The van der Waals surface area contributed by atoms with Crippen molar-refractivity contribution in [3.05, 3.63) is 11.6 Å². The number of nitrogens with one attached hydrogen (secondary N) is 1. The zero-order valence-corrected chi connectivity index (χ0v) is 10.4. The van der Waals surface area contributed by atoms with E-state index < -0.39 is 0 Å². The summed E-state index contributed by atoms with van der Waals surface area (Å²) in [6.45, 7) is 7.44. The Morgan fingerprint density at radius 3 is 3.00 bits per heavy atom. The van der Waals surface area contributed by atoms with Gasteiger partial charge in [0.2, 0.25) is 0 Å². The summed E-state index contributed by atoms with van der Waals surface area (Å²) in [6, 6.07) is 0. The first-order chi connectivity index (χ1) is 7.86. The molecule has 0 aromatic carbocycles. The van der Waals surface area contributed by atoms with E-state index in [1.54, 1.807) is 0 Å². The molecule has 1 unspecified atom stereocenters. The summed E-state index contributed by atoms with van der Waals surface area (Å²) in [5.41, 5.74) is 0. The highest BCUT2D eigenvalue weighted by Crippen LogP contribution is 2.25. The molecule has 1 aliphatic heterocycles. The normalized spacial score (nSPS) is 17.1. The van der Waals surface area contributed by atoms with Crippen molar-refractivity contribution in [3.8, 4) is 0 Å². The molecule has 16 heavy (non-hydrogen) atoms. The van der Waals surface area contributed by atoms with E-state index in [-0.39, 0.29) is 0 Å². The van der Waals surface area contributed by atoms with Crippen LogP contribution in [0.3, 0.4) is 0 Å². The number of hydrogen-bond acceptors (Lipinski definition) is 3. The van der Waals surface area contributed by atoms with Gasteiger partial charge in [-0.1, -0.05) is 26.7 Å². The standard InChI is InChI=1S/C12H22N4/c1-3-5-6-10(4-2)12-15-14-11-9-13-7-8-16(11)12/h10,13H,3-9H2,1-2H3. The molecule has 1 atom stereocenters. The van der Waals surface area contributed by atoms with Crippen LogP contribution in [0.25, 0.3) is 0 Å². The van der Waals surface area contributed by atoms with Crippen molar-refractivity contribution in [3.63, 3.8) is 0 Å². The van der Waals surface area contributed by atoms with Crippen molar-refractivity contribution in [2.75, 3.05) is 6.54 Å². The summed E-state index contributed by atoms with van der Waals surface area (Å²) in [6.07, 6.45) is 4.97. The van der Waals surface area contributed by atoms with E-state index >= 15 is 0 Å². The first-order valence-electron chi connectivity index (χ1n) is 6.49. The van der Waals surface area contributed by atoms with Gasteiger partial charge in [-0.2, -0.15) is 0 Å². The van der Waals surface area contributed by atoms with Crippen LogP contribution in [0.15, 0.2) is 0 Å². The zero-order valence-electron chi connectivity index (χ0n) is 10.4. The lowest BCUT2D eigenvalue weighted by atomic mass is 9.98. The third-order valence-electron chi connectivity index (χ3n) is 3.42. The van der Waals surface area contributed by atoms with Crippen molar-refractivity contribution in [1.29, 1.82) is 0 Å². The second kappa shape index (κ2) is 5.43. The van der Waals surface area contributed by atoms with Crippen molar-refractivity contribution in [2.45, 2.75) is 58.5 Å². The van der Waals surface area contributed by atoms with E-state index in [1.807, 2.05) is 0 Å². The largest absolute Gasteiger partial charge is 0.312 e. The molecule has 1 aromatic heterocycles. The minimum absolute atomic E-state index is 0.597. The Morgan fingerprint density at radius 1 is 1.38 bits per heavy atom. The lowest BCUT2D eigenvalue weighted by Crippen LogP contribution is -2.29. The Balaban J connectivity index is 2.14. The molecule has 0 saturated heterocycles. The molecule has 0 spiro atoms. The number of hydrogen-bond donors (Lipinski definition) is 1. The van der Waals surface area contributed by atoms with Crippen LogP contribution in [0.5, 0.6) is 0 Å². The average molecular weight is 222 g/mol. The van der Waals surface area contributed by atoms with Gasteiger partial charge >= 0.3 is 0 Å². The van der Waals surface area contributed by atoms with Gasteiger partial charge in [-0.05, 0) is 12.8 Å². The van der Waals surface area contributed by atoms with Crippen LogP contribution in [0.2, 0.25) is 0 Å². The van der Waals surface area contributed by atoms with Crippen molar-refractivity contribution in [1.82, 2.24) is 20.1 Å². The predicted octanol–water partition coefficient (Wildman–Crippen LogP) is 2.07. The zero-order chi connectivity index (χ0) is 11.4. The Hall–Kier alpha value is -0.900. The lowest BCUT2D eigenvalue weighted by molar-refractivity contribution is 0.459. The van der Waals surface area contributed by atoms with Gasteiger partial charge in [0, 0.05) is 19.0 Å². The molecular formula is C12H22N4. The molecule has 2 heterocycles. The maximum absolute atomic E-state index is 4.39. The quantitative estimate of drug-likeness (QED) is 0.829. The lowest BCUT2D eigenvalue weighted by Gasteiger charge is -2.20. The second-order valence-corrected chi connectivity index (χ2v) is 4.55. The van der Waals surface area contributed by atoms with Gasteiger partial charge in [-0.15, -0.1) is 10.2 Å². The summed E-state index contributed by atoms with van der Waals surface area (Å²) in [4.78, 5) is 0. The number of unbranched alkanes of at least 4 members (excludes halogenated alkanes) is 1. The van der Waals surface area contributed by atoms with E-state index in [1.165, 1.54) is 31.5 Å². The molecule has 4 heteroatoms. The third-order valence-corrected chi connectivity index (χ3v) is 3.42. The third kappa shape index (κ3) is 2.26. The van der Waals surface area contributed by atoms with Crippen molar-refractivity contribution in [2.24, 2.45) is 0 Å². The predicted molar refractivity (Wildman–Crippen MR) is 64.3 cm³/mol. The Morgan fingerprint density at radius 2 is 2.25 bits per heavy atom. The summed E-state index contributed by atoms with van der Waals surface area (Å²) in [5.74, 6) is 2.92. The topological polar surface area (TPSA) is 42.7 Å². The van der Waals surface area contributed by atoms with E-state index in [9.17, 15) is 0 Å². The SMILES string of the molecule is CCCCC(CC)c1nnc2n1CCNC2. The molecule has 0 bridgehead atoms. The van der Waals surface area contributed by atoms with Crippen LogP contribution in [0, 0.1) is 0 Å². The molecule has 2 rings (SSSR count). The highest BCUT2D eigenvalue weighted by Gasteiger charge is 2.20. The van der Waals surface area contributed by atoms with Gasteiger partial charge in [-0.25, -0.2) is 0 Å². The monoisotopic (exact) mass is 222 g/mol. The summed E-state index contributed by atoms with van der Waals surface area (Å²) in [7, 11) is 0. The van der Waals surface area contributed by atoms with Crippen molar-refractivity contribution < 1.29 is 0 Å². The molecule has 1 aliphatic rings. The molecule has 1 N–H and O–H groups in total. The van der Waals surface area contributed by atoms with Gasteiger partial charge < -0.3 is 9.88 Å². The minimum Gasteiger partial charge on any atom is -0.312 e. The number of nitrogens with zero attached hydrogens (tertiary/aromatic N) is 3. The number of aromatic nitrogens is 3. The fraction of sp³-hybridized carbons (Fsp3) is 0.833. The molecule has 90 valence electrons. The van der Waals surface area contributed by atoms with Gasteiger partial charge in [0.05, 0.1) is 6.54 Å². The minimum atomic E-state index is 0.597. The maximum atomic E-state index is 4.39. The van der Waals surface area contributed by atoms with Gasteiger partial charge in [-0.3, -0.25) is 0 Å². The average Bonchev–Trinajstić information content (AvgIpc) is 2.75. The second-order valence-electron chi connectivity index (χ2n) is 4.55. The van der Waals surface area contributed by atoms with Gasteiger partial charge in [0.25, 0.3) is 0 Å².